The Morgan fingerprint density at radius 2 is 2.00 bits per heavy atom. The number of rotatable bonds is 8. The van der Waals surface area contributed by atoms with Gasteiger partial charge in [0.2, 0.25) is 5.89 Å². The second-order valence-electron chi connectivity index (χ2n) is 4.68. The predicted molar refractivity (Wildman–Crippen MR) is 87.1 cm³/mol. The number of benzene rings is 1. The minimum Gasteiger partial charge on any atom is -0.493 e. The molecule has 0 aliphatic carbocycles. The van der Waals surface area contributed by atoms with Crippen LogP contribution in [0.5, 0.6) is 11.5 Å². The van der Waals surface area contributed by atoms with Crippen LogP contribution in [0.25, 0.3) is 6.08 Å². The third-order valence-corrected chi connectivity index (χ3v) is 3.05. The quantitative estimate of drug-likeness (QED) is 0.737. The summed E-state index contributed by atoms with van der Waals surface area (Å²) < 4.78 is 20.6. The lowest BCUT2D eigenvalue weighted by Crippen LogP contribution is -2.07. The molecule has 1 heterocycles. The summed E-state index contributed by atoms with van der Waals surface area (Å²) >= 11 is 0. The molecule has 0 bridgehead atoms. The van der Waals surface area contributed by atoms with Crippen LogP contribution in [-0.2, 0) is 16.0 Å². The van der Waals surface area contributed by atoms with Gasteiger partial charge in [0.25, 0.3) is 5.91 Å². The molecule has 0 radical (unpaired) electrons. The van der Waals surface area contributed by atoms with Crippen molar-refractivity contribution in [3.8, 4) is 11.5 Å². The van der Waals surface area contributed by atoms with E-state index in [9.17, 15) is 4.79 Å². The highest BCUT2D eigenvalue weighted by molar-refractivity contribution is 6.00. The Bertz CT molecular complexity index is 711. The predicted octanol–water partition coefficient (Wildman–Crippen LogP) is 1.93. The van der Waals surface area contributed by atoms with Crippen LogP contribution in [0, 0.1) is 0 Å². The van der Waals surface area contributed by atoms with E-state index in [0.29, 0.717) is 30.4 Å². The number of ether oxygens (including phenoxy) is 3. The van der Waals surface area contributed by atoms with Gasteiger partial charge >= 0.3 is 6.01 Å². The summed E-state index contributed by atoms with van der Waals surface area (Å²) in [5, 5.41) is 10.0. The molecule has 1 aromatic heterocycles. The van der Waals surface area contributed by atoms with Gasteiger partial charge < -0.3 is 18.6 Å². The van der Waals surface area contributed by atoms with Crippen LogP contribution in [0.15, 0.2) is 28.7 Å². The fraction of sp³-hybridized carbons (Fsp3) is 0.312. The molecule has 24 heavy (non-hydrogen) atoms. The Morgan fingerprint density at radius 3 is 2.71 bits per heavy atom. The average Bonchev–Trinajstić information content (AvgIpc) is 3.05. The summed E-state index contributed by atoms with van der Waals surface area (Å²) in [6.45, 7) is 0.467. The summed E-state index contributed by atoms with van der Waals surface area (Å²) in [6.07, 6.45) is 3.49. The smallest absolute Gasteiger partial charge is 0.322 e. The SMILES string of the molecule is COCCc1nnc(NC(=O)/C=C/c2ccc(OC)c(OC)c2)o1. The van der Waals surface area contributed by atoms with Crippen molar-refractivity contribution in [2.24, 2.45) is 0 Å². The van der Waals surface area contributed by atoms with Gasteiger partial charge in [0.05, 0.1) is 20.8 Å². The van der Waals surface area contributed by atoms with Crippen molar-refractivity contribution in [2.45, 2.75) is 6.42 Å². The van der Waals surface area contributed by atoms with E-state index in [1.54, 1.807) is 45.6 Å². The topological polar surface area (TPSA) is 95.7 Å². The van der Waals surface area contributed by atoms with E-state index in [1.807, 2.05) is 0 Å². The molecule has 0 saturated carbocycles. The molecule has 2 rings (SSSR count). The lowest BCUT2D eigenvalue weighted by atomic mass is 10.2. The summed E-state index contributed by atoms with van der Waals surface area (Å²) in [5.41, 5.74) is 0.786. The number of carbonyl (C=O) groups is 1. The number of nitrogens with zero attached hydrogens (tertiary/aromatic N) is 2. The van der Waals surface area contributed by atoms with Crippen molar-refractivity contribution in [1.82, 2.24) is 10.2 Å². The van der Waals surface area contributed by atoms with E-state index in [-0.39, 0.29) is 11.9 Å². The van der Waals surface area contributed by atoms with Crippen LogP contribution in [-0.4, -0.2) is 44.0 Å². The zero-order valence-electron chi connectivity index (χ0n) is 13.7. The van der Waals surface area contributed by atoms with Crippen molar-refractivity contribution < 1.29 is 23.4 Å². The molecule has 0 aliphatic heterocycles. The van der Waals surface area contributed by atoms with Crippen LogP contribution in [0.4, 0.5) is 6.01 Å². The molecule has 0 saturated heterocycles. The largest absolute Gasteiger partial charge is 0.493 e. The second kappa shape index (κ2) is 8.68. The Labute approximate surface area is 139 Å². The minimum absolute atomic E-state index is 0.0445. The minimum atomic E-state index is -0.383. The molecule has 0 unspecified atom stereocenters. The van der Waals surface area contributed by atoms with Crippen molar-refractivity contribution in [3.05, 3.63) is 35.7 Å². The zero-order chi connectivity index (χ0) is 17.4. The average molecular weight is 333 g/mol. The van der Waals surface area contributed by atoms with E-state index in [0.717, 1.165) is 5.56 Å². The van der Waals surface area contributed by atoms with Gasteiger partial charge in [-0.15, -0.1) is 5.10 Å². The van der Waals surface area contributed by atoms with Crippen molar-refractivity contribution in [2.75, 3.05) is 33.3 Å². The molecule has 1 aromatic carbocycles. The molecule has 0 aliphatic rings. The zero-order valence-corrected chi connectivity index (χ0v) is 13.7. The first-order chi connectivity index (χ1) is 11.7. The number of anilines is 1. The van der Waals surface area contributed by atoms with Crippen LogP contribution in [0.2, 0.25) is 0 Å². The van der Waals surface area contributed by atoms with Gasteiger partial charge in [0.15, 0.2) is 11.5 Å². The summed E-state index contributed by atoms with van der Waals surface area (Å²) in [6, 6.07) is 5.37. The molecule has 1 N–H and O–H groups in total. The maximum atomic E-state index is 11.9. The summed E-state index contributed by atoms with van der Waals surface area (Å²) in [4.78, 5) is 11.9. The van der Waals surface area contributed by atoms with Gasteiger partial charge in [0, 0.05) is 19.6 Å². The van der Waals surface area contributed by atoms with E-state index < -0.39 is 0 Å². The molecular formula is C16H19N3O5. The maximum absolute atomic E-state index is 11.9. The lowest BCUT2D eigenvalue weighted by molar-refractivity contribution is -0.112. The standard InChI is InChI=1S/C16H19N3O5/c1-21-9-8-15-18-19-16(24-15)17-14(20)7-5-11-4-6-12(22-2)13(10-11)23-3/h4-7,10H,8-9H2,1-3H3,(H,17,19,20)/b7-5+. The first kappa shape index (κ1) is 17.5. The number of methoxy groups -OCH3 is 3. The lowest BCUT2D eigenvalue weighted by Gasteiger charge is -2.07. The third-order valence-electron chi connectivity index (χ3n) is 3.05. The molecule has 2 aromatic rings. The number of nitrogens with one attached hydrogen (secondary N) is 1. The van der Waals surface area contributed by atoms with Gasteiger partial charge in [-0.1, -0.05) is 11.2 Å². The Balaban J connectivity index is 1.96. The summed E-state index contributed by atoms with van der Waals surface area (Å²) in [7, 11) is 4.69. The molecule has 8 nitrogen and oxygen atoms in total. The highest BCUT2D eigenvalue weighted by Gasteiger charge is 2.08. The van der Waals surface area contributed by atoms with Gasteiger partial charge in [-0.25, -0.2) is 0 Å². The molecule has 8 heteroatoms. The molecule has 1 amide bonds. The fourth-order valence-electron chi connectivity index (χ4n) is 1.87. The monoisotopic (exact) mass is 333 g/mol. The van der Waals surface area contributed by atoms with E-state index in [2.05, 4.69) is 15.5 Å². The van der Waals surface area contributed by atoms with Crippen molar-refractivity contribution >= 4 is 18.0 Å². The Kier molecular flexibility index (Phi) is 6.32. The van der Waals surface area contributed by atoms with Gasteiger partial charge in [-0.3, -0.25) is 10.1 Å². The molecule has 0 atom stereocenters. The van der Waals surface area contributed by atoms with Gasteiger partial charge in [-0.2, -0.15) is 0 Å². The molecular weight excluding hydrogens is 314 g/mol. The van der Waals surface area contributed by atoms with E-state index in [1.165, 1.54) is 6.08 Å². The highest BCUT2D eigenvalue weighted by Crippen LogP contribution is 2.27. The Hall–Kier alpha value is -2.87. The summed E-state index contributed by atoms with van der Waals surface area (Å²) in [5.74, 6) is 1.22. The van der Waals surface area contributed by atoms with Crippen LogP contribution >= 0.6 is 0 Å². The van der Waals surface area contributed by atoms with Crippen molar-refractivity contribution in [3.63, 3.8) is 0 Å². The third kappa shape index (κ3) is 4.82. The molecule has 0 fully saturated rings. The maximum Gasteiger partial charge on any atom is 0.322 e. The van der Waals surface area contributed by atoms with Crippen LogP contribution in [0.1, 0.15) is 11.5 Å². The fourth-order valence-corrected chi connectivity index (χ4v) is 1.87. The number of hydrogen-bond donors (Lipinski definition) is 1. The van der Waals surface area contributed by atoms with Crippen LogP contribution < -0.4 is 14.8 Å². The second-order valence-corrected chi connectivity index (χ2v) is 4.68. The molecule has 128 valence electrons. The first-order valence-corrected chi connectivity index (χ1v) is 7.18. The number of hydrogen-bond acceptors (Lipinski definition) is 7. The number of carbonyl (C=O) groups excluding carboxylic acids is 1. The van der Waals surface area contributed by atoms with Gasteiger partial charge in [0.1, 0.15) is 0 Å². The van der Waals surface area contributed by atoms with Crippen molar-refractivity contribution in [1.29, 1.82) is 0 Å². The molecule has 0 spiro atoms. The number of aromatic nitrogens is 2. The van der Waals surface area contributed by atoms with E-state index in [4.69, 9.17) is 18.6 Å². The number of amides is 1. The van der Waals surface area contributed by atoms with Gasteiger partial charge in [-0.05, 0) is 23.8 Å². The highest BCUT2D eigenvalue weighted by atomic mass is 16.5. The van der Waals surface area contributed by atoms with E-state index >= 15 is 0 Å². The first-order valence-electron chi connectivity index (χ1n) is 7.18. The van der Waals surface area contributed by atoms with Crippen LogP contribution in [0.3, 0.4) is 0 Å². The normalized spacial score (nSPS) is 10.8. The Morgan fingerprint density at radius 1 is 1.21 bits per heavy atom.